The first-order valence-corrected chi connectivity index (χ1v) is 8.20. The third-order valence-electron chi connectivity index (χ3n) is 3.62. The molecule has 0 amide bonds. The van der Waals surface area contributed by atoms with E-state index in [-0.39, 0.29) is 20.4 Å². The van der Waals surface area contributed by atoms with Crippen LogP contribution in [-0.2, 0) is 13.1 Å². The molecule has 6 nitrogen and oxygen atoms in total. The first-order valence-electron chi connectivity index (χ1n) is 8.20. The number of ether oxygens (including phenoxy) is 1. The molecule has 2 heterocycles. The molecule has 0 atom stereocenters. The maximum absolute atomic E-state index is 10.9. The van der Waals surface area contributed by atoms with Gasteiger partial charge in [-0.25, -0.2) is 4.98 Å². The molecule has 0 aromatic carbocycles. The van der Waals surface area contributed by atoms with Crippen LogP contribution in [0.5, 0.6) is 5.88 Å². The molecule has 6 heteroatoms. The second kappa shape index (κ2) is 13.1. The van der Waals surface area contributed by atoms with E-state index in [1.807, 2.05) is 47.4 Å². The van der Waals surface area contributed by atoms with E-state index in [4.69, 9.17) is 4.74 Å². The third kappa shape index (κ3) is 9.92. The Morgan fingerprint density at radius 1 is 0.963 bits per heavy atom. The molecule has 2 aromatic rings. The molecule has 0 aliphatic carbocycles. The number of pyridine rings is 2. The van der Waals surface area contributed by atoms with Crippen molar-refractivity contribution in [3.05, 3.63) is 57.1 Å². The van der Waals surface area contributed by atoms with E-state index >= 15 is 0 Å². The van der Waals surface area contributed by atoms with Gasteiger partial charge in [-0.1, -0.05) is 14.9 Å². The molecule has 0 saturated heterocycles. The van der Waals surface area contributed by atoms with Gasteiger partial charge in [0, 0.05) is 37.6 Å². The van der Waals surface area contributed by atoms with Crippen LogP contribution in [-0.4, -0.2) is 55.1 Å². The summed E-state index contributed by atoms with van der Waals surface area (Å²) in [6.07, 6.45) is 3.64. The number of aromatic nitrogens is 2. The van der Waals surface area contributed by atoms with Crippen molar-refractivity contribution in [2.75, 3.05) is 35.3 Å². The zero-order chi connectivity index (χ0) is 19.0. The minimum atomic E-state index is -0.0324. The zero-order valence-electron chi connectivity index (χ0n) is 16.4. The monoisotopic (exact) mass is 378 g/mol. The van der Waals surface area contributed by atoms with Gasteiger partial charge in [-0.2, -0.15) is 0 Å². The summed E-state index contributed by atoms with van der Waals surface area (Å²) in [5.74, 6) is 0.681. The summed E-state index contributed by atoms with van der Waals surface area (Å²) < 4.78 is 5.03. The van der Waals surface area contributed by atoms with Crippen LogP contribution in [0.1, 0.15) is 37.1 Å². The van der Waals surface area contributed by atoms with Crippen LogP contribution >= 0.6 is 0 Å². The summed E-state index contributed by atoms with van der Waals surface area (Å²) in [4.78, 5) is 21.9. The van der Waals surface area contributed by atoms with Crippen LogP contribution < -0.4 is 10.3 Å². The Labute approximate surface area is 165 Å². The maximum atomic E-state index is 10.9. The van der Waals surface area contributed by atoms with Gasteiger partial charge in [-0.05, 0) is 64.3 Å². The Morgan fingerprint density at radius 2 is 1.48 bits per heavy atom. The molecule has 27 heavy (non-hydrogen) atoms. The lowest BCUT2D eigenvalue weighted by atomic mass is 10.1. The van der Waals surface area contributed by atoms with Gasteiger partial charge in [0.15, 0.2) is 0 Å². The molecule has 0 aliphatic rings. The average Bonchev–Trinajstić information content (AvgIpc) is 2.52. The van der Waals surface area contributed by atoms with Gasteiger partial charge in [0.2, 0.25) is 11.4 Å². The number of hydrogen-bond donors (Lipinski definition) is 1. The first-order chi connectivity index (χ1) is 11.7. The number of methoxy groups -OCH3 is 1. The highest BCUT2D eigenvalue weighted by Crippen LogP contribution is 2.14. The SMILES string of the molecule is C.C.COc1cc(C)c(CN(C)C)cn1.Cc1cc(=O)[nH]cc1CN(C)C. The molecule has 154 valence electrons. The predicted molar refractivity (Wildman–Crippen MR) is 116 cm³/mol. The largest absolute Gasteiger partial charge is 0.481 e. The van der Waals surface area contributed by atoms with E-state index in [0.717, 1.165) is 18.7 Å². The fourth-order valence-electron chi connectivity index (χ4n) is 2.29. The molecule has 0 unspecified atom stereocenters. The lowest BCUT2D eigenvalue weighted by molar-refractivity contribution is 0.389. The smallest absolute Gasteiger partial charge is 0.248 e. The van der Waals surface area contributed by atoms with Gasteiger partial charge in [0.25, 0.3) is 0 Å². The van der Waals surface area contributed by atoms with Crippen LogP contribution in [0.15, 0.2) is 29.3 Å². The van der Waals surface area contributed by atoms with Crippen molar-refractivity contribution in [3.8, 4) is 5.88 Å². The lowest BCUT2D eigenvalue weighted by Crippen LogP contribution is -2.14. The Kier molecular flexibility index (Phi) is 13.1. The molecular formula is C21H38N4O2. The molecule has 0 aliphatic heterocycles. The number of H-pyrrole nitrogens is 1. The van der Waals surface area contributed by atoms with Crippen molar-refractivity contribution in [1.29, 1.82) is 0 Å². The summed E-state index contributed by atoms with van der Waals surface area (Å²) in [5, 5.41) is 0. The summed E-state index contributed by atoms with van der Waals surface area (Å²) in [7, 11) is 9.73. The molecule has 0 saturated carbocycles. The second-order valence-corrected chi connectivity index (χ2v) is 6.63. The fourth-order valence-corrected chi connectivity index (χ4v) is 2.29. The normalized spacial score (nSPS) is 9.81. The van der Waals surface area contributed by atoms with Crippen LogP contribution in [0.2, 0.25) is 0 Å². The molecule has 2 rings (SSSR count). The molecule has 0 bridgehead atoms. The highest BCUT2D eigenvalue weighted by Gasteiger charge is 2.02. The van der Waals surface area contributed by atoms with Gasteiger partial charge in [-0.15, -0.1) is 0 Å². The maximum Gasteiger partial charge on any atom is 0.248 e. The number of nitrogens with zero attached hydrogens (tertiary/aromatic N) is 3. The number of hydrogen-bond acceptors (Lipinski definition) is 5. The highest BCUT2D eigenvalue weighted by atomic mass is 16.5. The molecule has 0 fully saturated rings. The molecule has 2 aromatic heterocycles. The number of aromatic amines is 1. The quantitative estimate of drug-likeness (QED) is 0.863. The van der Waals surface area contributed by atoms with E-state index in [0.29, 0.717) is 5.88 Å². The molecule has 0 spiro atoms. The summed E-state index contributed by atoms with van der Waals surface area (Å²) >= 11 is 0. The van der Waals surface area contributed by atoms with Gasteiger partial charge < -0.3 is 19.5 Å². The van der Waals surface area contributed by atoms with E-state index in [2.05, 4.69) is 26.7 Å². The highest BCUT2D eigenvalue weighted by molar-refractivity contribution is 5.27. The van der Waals surface area contributed by atoms with Crippen molar-refractivity contribution >= 4 is 0 Å². The lowest BCUT2D eigenvalue weighted by Gasteiger charge is -2.12. The van der Waals surface area contributed by atoms with Crippen LogP contribution in [0.25, 0.3) is 0 Å². The second-order valence-electron chi connectivity index (χ2n) is 6.63. The van der Waals surface area contributed by atoms with Crippen molar-refractivity contribution in [2.24, 2.45) is 0 Å². The van der Waals surface area contributed by atoms with Gasteiger partial charge in [-0.3, -0.25) is 4.79 Å². The van der Waals surface area contributed by atoms with Gasteiger partial charge in [0.1, 0.15) is 0 Å². The topological polar surface area (TPSA) is 61.5 Å². The van der Waals surface area contributed by atoms with Crippen molar-refractivity contribution in [2.45, 2.75) is 41.8 Å². The first kappa shape index (κ1) is 27.0. The molecule has 0 radical (unpaired) electrons. The zero-order valence-corrected chi connectivity index (χ0v) is 16.4. The van der Waals surface area contributed by atoms with E-state index in [9.17, 15) is 4.79 Å². The van der Waals surface area contributed by atoms with Gasteiger partial charge in [0.05, 0.1) is 7.11 Å². The summed E-state index contributed by atoms with van der Waals surface area (Å²) in [6.45, 7) is 5.81. The Bertz CT molecular complexity index is 724. The number of rotatable bonds is 5. The Hall–Kier alpha value is -2.18. The Morgan fingerprint density at radius 3 is 1.93 bits per heavy atom. The minimum absolute atomic E-state index is 0. The molecule has 1 N–H and O–H groups in total. The number of nitrogens with one attached hydrogen (secondary N) is 1. The summed E-state index contributed by atoms with van der Waals surface area (Å²) in [5.41, 5.74) is 4.65. The van der Waals surface area contributed by atoms with Crippen LogP contribution in [0, 0.1) is 13.8 Å². The standard InChI is InChI=1S/C10H16N2O.C9H14N2O.2CH4/c1-8-5-10(13-4)11-6-9(8)7-12(2)3;1-7-4-9(12)10-5-8(7)6-11(2)3;;/h5-6H,7H2,1-4H3;4-5H,6H2,1-3H3,(H,10,12);2*1H4. The predicted octanol–water partition coefficient (Wildman–Crippen LogP) is 3.48. The van der Waals surface area contributed by atoms with Crippen molar-refractivity contribution in [1.82, 2.24) is 19.8 Å². The average molecular weight is 379 g/mol. The minimum Gasteiger partial charge on any atom is -0.481 e. The number of aryl methyl sites for hydroxylation is 2. The van der Waals surface area contributed by atoms with E-state index in [1.165, 1.54) is 16.7 Å². The van der Waals surface area contributed by atoms with E-state index in [1.54, 1.807) is 19.4 Å². The Balaban J connectivity index is 0. The van der Waals surface area contributed by atoms with Crippen LogP contribution in [0.3, 0.4) is 0 Å². The molecular weight excluding hydrogens is 340 g/mol. The summed E-state index contributed by atoms with van der Waals surface area (Å²) in [6, 6.07) is 3.58. The van der Waals surface area contributed by atoms with Crippen molar-refractivity contribution in [3.63, 3.8) is 0 Å². The third-order valence-corrected chi connectivity index (χ3v) is 3.62. The van der Waals surface area contributed by atoms with E-state index < -0.39 is 0 Å². The van der Waals surface area contributed by atoms with Crippen molar-refractivity contribution < 1.29 is 4.74 Å². The van der Waals surface area contributed by atoms with Crippen LogP contribution in [0.4, 0.5) is 0 Å². The van der Waals surface area contributed by atoms with Gasteiger partial charge >= 0.3 is 0 Å². The fraction of sp³-hybridized carbons (Fsp3) is 0.524.